The van der Waals surface area contributed by atoms with Crippen LogP contribution in [-0.4, -0.2) is 71.2 Å². The fourth-order valence-electron chi connectivity index (χ4n) is 4.30. The summed E-state index contributed by atoms with van der Waals surface area (Å²) in [4.78, 5) is 2.13. The van der Waals surface area contributed by atoms with Gasteiger partial charge in [0.15, 0.2) is 11.6 Å². The molecule has 0 spiro atoms. The first-order chi connectivity index (χ1) is 12.3. The SMILES string of the molecule is COc1ccc(S(=O)(=O)N2C[C@H]3C[C@@H](N(C)C)[C@H](OC)C[C@H]3C2)cc1F. The van der Waals surface area contributed by atoms with Gasteiger partial charge < -0.3 is 14.4 Å². The summed E-state index contributed by atoms with van der Waals surface area (Å²) in [5.41, 5.74) is 0. The third-order valence-electron chi connectivity index (χ3n) is 5.78. The number of benzene rings is 1. The first kappa shape index (κ1) is 19.5. The number of fused-ring (bicyclic) bond motifs is 1. The minimum Gasteiger partial charge on any atom is -0.494 e. The van der Waals surface area contributed by atoms with Gasteiger partial charge in [0.05, 0.1) is 18.1 Å². The minimum absolute atomic E-state index is 0.0260. The molecule has 0 unspecified atom stereocenters. The molecule has 1 aliphatic carbocycles. The van der Waals surface area contributed by atoms with Crippen LogP contribution < -0.4 is 4.74 Å². The molecule has 6 nitrogen and oxygen atoms in total. The van der Waals surface area contributed by atoms with Gasteiger partial charge >= 0.3 is 0 Å². The third-order valence-corrected chi connectivity index (χ3v) is 7.61. The van der Waals surface area contributed by atoms with E-state index >= 15 is 0 Å². The maximum Gasteiger partial charge on any atom is 0.243 e. The monoisotopic (exact) mass is 386 g/mol. The summed E-state index contributed by atoms with van der Waals surface area (Å²) in [5.74, 6) is -0.0613. The fraction of sp³-hybridized carbons (Fsp3) is 0.667. The van der Waals surface area contributed by atoms with Crippen LogP contribution in [0.5, 0.6) is 5.75 Å². The van der Waals surface area contributed by atoms with Gasteiger partial charge in [0, 0.05) is 26.2 Å². The van der Waals surface area contributed by atoms with Crippen LogP contribution in [0.3, 0.4) is 0 Å². The molecular formula is C18H27FN2O4S. The average molecular weight is 386 g/mol. The Labute approximate surface area is 154 Å². The van der Waals surface area contributed by atoms with Crippen molar-refractivity contribution in [2.24, 2.45) is 11.8 Å². The first-order valence-electron chi connectivity index (χ1n) is 8.80. The smallest absolute Gasteiger partial charge is 0.243 e. The highest BCUT2D eigenvalue weighted by atomic mass is 32.2. The van der Waals surface area contributed by atoms with E-state index in [0.29, 0.717) is 19.0 Å². The molecule has 1 aromatic carbocycles. The Balaban J connectivity index is 1.80. The van der Waals surface area contributed by atoms with Gasteiger partial charge in [0.1, 0.15) is 0 Å². The molecule has 0 radical (unpaired) electrons. The van der Waals surface area contributed by atoms with Gasteiger partial charge in [-0.3, -0.25) is 0 Å². The molecule has 3 rings (SSSR count). The number of likely N-dealkylation sites (N-methyl/N-ethyl adjacent to an activating group) is 1. The lowest BCUT2D eigenvalue weighted by atomic mass is 9.77. The Bertz CT molecular complexity index is 756. The van der Waals surface area contributed by atoms with Crippen LogP contribution in [-0.2, 0) is 14.8 Å². The quantitative estimate of drug-likeness (QED) is 0.773. The van der Waals surface area contributed by atoms with Gasteiger partial charge in [-0.1, -0.05) is 0 Å². The molecule has 2 fully saturated rings. The fourth-order valence-corrected chi connectivity index (χ4v) is 5.86. The zero-order valence-corrected chi connectivity index (χ0v) is 16.5. The Morgan fingerprint density at radius 1 is 1.15 bits per heavy atom. The minimum atomic E-state index is -3.72. The van der Waals surface area contributed by atoms with Crippen molar-refractivity contribution >= 4 is 10.0 Å². The van der Waals surface area contributed by atoms with E-state index in [1.807, 2.05) is 14.1 Å². The molecule has 0 amide bonds. The molecule has 0 N–H and O–H groups in total. The summed E-state index contributed by atoms with van der Waals surface area (Å²) in [6, 6.07) is 4.08. The molecule has 0 bridgehead atoms. The molecule has 146 valence electrons. The van der Waals surface area contributed by atoms with Crippen molar-refractivity contribution in [3.8, 4) is 5.75 Å². The summed E-state index contributed by atoms with van der Waals surface area (Å²) >= 11 is 0. The van der Waals surface area contributed by atoms with Crippen molar-refractivity contribution in [1.29, 1.82) is 0 Å². The number of rotatable bonds is 5. The number of hydrogen-bond acceptors (Lipinski definition) is 5. The molecule has 4 atom stereocenters. The Morgan fingerprint density at radius 3 is 2.35 bits per heavy atom. The van der Waals surface area contributed by atoms with Crippen LogP contribution in [0.1, 0.15) is 12.8 Å². The van der Waals surface area contributed by atoms with E-state index < -0.39 is 15.8 Å². The highest BCUT2D eigenvalue weighted by molar-refractivity contribution is 7.89. The standard InChI is InChI=1S/C18H27FN2O4S/c1-20(2)16-7-12-10-21(11-13(12)8-18(16)25-4)26(22,23)14-5-6-17(24-3)15(19)9-14/h5-6,9,12-13,16,18H,7-8,10-11H2,1-4H3/t12-,13+,16-,18-/m1/s1. The van der Waals surface area contributed by atoms with Gasteiger partial charge in [0.2, 0.25) is 10.0 Å². The van der Waals surface area contributed by atoms with Gasteiger partial charge in [0.25, 0.3) is 0 Å². The predicted molar refractivity (Wildman–Crippen MR) is 96.2 cm³/mol. The van der Waals surface area contributed by atoms with E-state index in [2.05, 4.69) is 4.90 Å². The molecule has 1 saturated carbocycles. The van der Waals surface area contributed by atoms with Crippen LogP contribution in [0, 0.1) is 17.7 Å². The Hall–Kier alpha value is -1.22. The van der Waals surface area contributed by atoms with Crippen LogP contribution >= 0.6 is 0 Å². The highest BCUT2D eigenvalue weighted by Crippen LogP contribution is 2.40. The topological polar surface area (TPSA) is 59.1 Å². The predicted octanol–water partition coefficient (Wildman–Crippen LogP) is 1.81. The number of ether oxygens (including phenoxy) is 2. The molecule has 26 heavy (non-hydrogen) atoms. The number of hydrogen-bond donors (Lipinski definition) is 0. The summed E-state index contributed by atoms with van der Waals surface area (Å²) in [6.07, 6.45) is 1.85. The molecule has 2 aliphatic rings. The summed E-state index contributed by atoms with van der Waals surface area (Å²) in [7, 11) is 3.40. The van der Waals surface area contributed by atoms with E-state index in [1.54, 1.807) is 7.11 Å². The lowest BCUT2D eigenvalue weighted by Crippen LogP contribution is -2.47. The van der Waals surface area contributed by atoms with Gasteiger partial charge in [-0.05, 0) is 57.0 Å². The van der Waals surface area contributed by atoms with Crippen LogP contribution in [0.15, 0.2) is 23.1 Å². The average Bonchev–Trinajstić information content (AvgIpc) is 3.04. The molecule has 1 heterocycles. The Morgan fingerprint density at radius 2 is 1.81 bits per heavy atom. The van der Waals surface area contributed by atoms with Crippen molar-refractivity contribution in [3.05, 3.63) is 24.0 Å². The number of halogens is 1. The first-order valence-corrected chi connectivity index (χ1v) is 10.2. The Kier molecular flexibility index (Phi) is 5.58. The highest BCUT2D eigenvalue weighted by Gasteiger charge is 2.46. The van der Waals surface area contributed by atoms with Crippen LogP contribution in [0.2, 0.25) is 0 Å². The zero-order valence-electron chi connectivity index (χ0n) is 15.7. The maximum absolute atomic E-state index is 14.0. The number of methoxy groups -OCH3 is 2. The third kappa shape index (κ3) is 3.47. The summed E-state index contributed by atoms with van der Waals surface area (Å²) in [5, 5.41) is 0. The lowest BCUT2D eigenvalue weighted by molar-refractivity contribution is -0.0209. The number of nitrogens with zero attached hydrogens (tertiary/aromatic N) is 2. The van der Waals surface area contributed by atoms with Crippen LogP contribution in [0.4, 0.5) is 4.39 Å². The van der Waals surface area contributed by atoms with Crippen molar-refractivity contribution in [2.45, 2.75) is 29.9 Å². The van der Waals surface area contributed by atoms with Crippen molar-refractivity contribution in [1.82, 2.24) is 9.21 Å². The molecule has 0 aromatic heterocycles. The second-order valence-electron chi connectivity index (χ2n) is 7.42. The second kappa shape index (κ2) is 7.42. The van der Waals surface area contributed by atoms with Gasteiger partial charge in [-0.15, -0.1) is 0 Å². The molecule has 8 heteroatoms. The lowest BCUT2D eigenvalue weighted by Gasteiger charge is -2.40. The number of sulfonamides is 1. The largest absolute Gasteiger partial charge is 0.494 e. The van der Waals surface area contributed by atoms with Gasteiger partial charge in [-0.25, -0.2) is 12.8 Å². The second-order valence-corrected chi connectivity index (χ2v) is 9.35. The van der Waals surface area contributed by atoms with E-state index in [-0.39, 0.29) is 28.7 Å². The van der Waals surface area contributed by atoms with Crippen LogP contribution in [0.25, 0.3) is 0 Å². The molecule has 1 aliphatic heterocycles. The van der Waals surface area contributed by atoms with E-state index in [9.17, 15) is 12.8 Å². The van der Waals surface area contributed by atoms with Crippen molar-refractivity contribution in [2.75, 3.05) is 41.4 Å². The summed E-state index contributed by atoms with van der Waals surface area (Å²) < 4.78 is 51.9. The summed E-state index contributed by atoms with van der Waals surface area (Å²) in [6.45, 7) is 0.933. The normalized spacial score (nSPS) is 29.8. The van der Waals surface area contributed by atoms with E-state index in [1.165, 1.54) is 23.5 Å². The van der Waals surface area contributed by atoms with Crippen molar-refractivity contribution < 1.29 is 22.3 Å². The molecule has 1 aromatic rings. The van der Waals surface area contributed by atoms with E-state index in [4.69, 9.17) is 9.47 Å². The van der Waals surface area contributed by atoms with Crippen molar-refractivity contribution in [3.63, 3.8) is 0 Å². The van der Waals surface area contributed by atoms with Gasteiger partial charge in [-0.2, -0.15) is 4.31 Å². The zero-order chi connectivity index (χ0) is 19.1. The maximum atomic E-state index is 14.0. The van der Waals surface area contributed by atoms with E-state index in [0.717, 1.165) is 18.9 Å². The molecular weight excluding hydrogens is 359 g/mol. The molecule has 1 saturated heterocycles.